The Morgan fingerprint density at radius 2 is 2.07 bits per heavy atom. The largest absolute Gasteiger partial charge is 0.461 e. The molecule has 2 heteroatoms. The van der Waals surface area contributed by atoms with E-state index in [1.165, 1.54) is 10.9 Å². The Morgan fingerprint density at radius 1 is 1.29 bits per heavy atom. The molecule has 0 amide bonds. The van der Waals surface area contributed by atoms with Crippen LogP contribution in [-0.2, 0) is 12.8 Å². The van der Waals surface area contributed by atoms with Crippen LogP contribution in [0, 0.1) is 0 Å². The van der Waals surface area contributed by atoms with Gasteiger partial charge < -0.3 is 10.2 Å². The molecule has 74 valence electrons. The van der Waals surface area contributed by atoms with Crippen LogP contribution in [0.15, 0.2) is 28.7 Å². The van der Waals surface area contributed by atoms with E-state index in [9.17, 15) is 0 Å². The van der Waals surface area contributed by atoms with Gasteiger partial charge in [0.2, 0.25) is 0 Å². The lowest BCUT2D eigenvalue weighted by atomic mass is 10.1. The Morgan fingerprint density at radius 3 is 2.79 bits per heavy atom. The van der Waals surface area contributed by atoms with Crippen LogP contribution < -0.4 is 5.73 Å². The number of nitrogens with two attached hydrogens (primary N) is 1. The summed E-state index contributed by atoms with van der Waals surface area (Å²) in [6.07, 6.45) is 1.84. The fourth-order valence-electron chi connectivity index (χ4n) is 1.87. The highest BCUT2D eigenvalue weighted by atomic mass is 16.3. The number of hydrogen-bond donors (Lipinski definition) is 1. The highest BCUT2D eigenvalue weighted by Crippen LogP contribution is 2.26. The summed E-state index contributed by atoms with van der Waals surface area (Å²) in [6.45, 7) is 2.80. The van der Waals surface area contributed by atoms with Crippen molar-refractivity contribution in [1.82, 2.24) is 0 Å². The third-order valence-electron chi connectivity index (χ3n) is 2.51. The van der Waals surface area contributed by atoms with Crippen molar-refractivity contribution in [3.8, 4) is 0 Å². The minimum Gasteiger partial charge on any atom is -0.461 e. The van der Waals surface area contributed by atoms with E-state index in [1.54, 1.807) is 0 Å². The first-order chi connectivity index (χ1) is 6.86. The van der Waals surface area contributed by atoms with E-state index in [0.717, 1.165) is 24.2 Å². The number of hydrogen-bond acceptors (Lipinski definition) is 2. The molecule has 0 bridgehead atoms. The minimum atomic E-state index is 0.646. The van der Waals surface area contributed by atoms with Gasteiger partial charge in [-0.15, -0.1) is 0 Å². The highest BCUT2D eigenvalue weighted by Gasteiger charge is 2.10. The van der Waals surface area contributed by atoms with E-state index in [-0.39, 0.29) is 0 Å². The first-order valence-electron chi connectivity index (χ1n) is 5.06. The molecular formula is C12H15NO. The topological polar surface area (TPSA) is 39.2 Å². The zero-order valence-corrected chi connectivity index (χ0v) is 8.42. The summed E-state index contributed by atoms with van der Waals surface area (Å²) in [5.74, 6) is 1.05. The molecule has 2 aromatic rings. The summed E-state index contributed by atoms with van der Waals surface area (Å²) >= 11 is 0. The molecule has 1 aromatic carbocycles. The molecule has 0 saturated heterocycles. The molecule has 0 aliphatic rings. The van der Waals surface area contributed by atoms with Crippen molar-refractivity contribution in [3.63, 3.8) is 0 Å². The van der Waals surface area contributed by atoms with Gasteiger partial charge in [0.1, 0.15) is 11.3 Å². The maximum atomic E-state index is 5.75. The molecule has 0 aliphatic carbocycles. The average molecular weight is 189 g/mol. The molecule has 2 N–H and O–H groups in total. The van der Waals surface area contributed by atoms with Crippen molar-refractivity contribution in [1.29, 1.82) is 0 Å². The quantitative estimate of drug-likeness (QED) is 0.805. The molecule has 0 spiro atoms. The Balaban J connectivity index is 2.60. The molecule has 2 nitrogen and oxygen atoms in total. The second-order valence-electron chi connectivity index (χ2n) is 3.39. The first-order valence-corrected chi connectivity index (χ1v) is 5.06. The number of furan rings is 1. The lowest BCUT2D eigenvalue weighted by Crippen LogP contribution is -2.03. The van der Waals surface area contributed by atoms with Crippen molar-refractivity contribution in [2.75, 3.05) is 6.54 Å². The second-order valence-corrected chi connectivity index (χ2v) is 3.39. The number of fused-ring (bicyclic) bond motifs is 1. The van der Waals surface area contributed by atoms with Crippen LogP contribution in [-0.4, -0.2) is 6.54 Å². The third-order valence-corrected chi connectivity index (χ3v) is 2.51. The summed E-state index contributed by atoms with van der Waals surface area (Å²) in [5.41, 5.74) is 7.84. The maximum Gasteiger partial charge on any atom is 0.134 e. The number of rotatable bonds is 3. The summed E-state index contributed by atoms with van der Waals surface area (Å²) in [5, 5.41) is 1.23. The zero-order valence-electron chi connectivity index (χ0n) is 8.42. The molecular weight excluding hydrogens is 174 g/mol. The summed E-state index contributed by atoms with van der Waals surface area (Å²) in [7, 11) is 0. The molecule has 0 unspecified atom stereocenters. The summed E-state index contributed by atoms with van der Waals surface area (Å²) < 4.78 is 5.75. The Labute approximate surface area is 83.7 Å². The van der Waals surface area contributed by atoms with Gasteiger partial charge in [0.15, 0.2) is 0 Å². The van der Waals surface area contributed by atoms with E-state index in [4.69, 9.17) is 10.2 Å². The molecule has 2 rings (SSSR count). The van der Waals surface area contributed by atoms with Crippen LogP contribution in [0.4, 0.5) is 0 Å². The molecule has 0 radical (unpaired) electrons. The lowest BCUT2D eigenvalue weighted by molar-refractivity contribution is 0.544. The van der Waals surface area contributed by atoms with Crippen LogP contribution in [0.3, 0.4) is 0 Å². The van der Waals surface area contributed by atoms with E-state index < -0.39 is 0 Å². The Kier molecular flexibility index (Phi) is 2.55. The predicted octanol–water partition coefficient (Wildman–Crippen LogP) is 2.50. The van der Waals surface area contributed by atoms with Crippen molar-refractivity contribution < 1.29 is 4.42 Å². The third kappa shape index (κ3) is 1.42. The van der Waals surface area contributed by atoms with Crippen LogP contribution in [0.1, 0.15) is 18.2 Å². The van der Waals surface area contributed by atoms with Gasteiger partial charge in [-0.3, -0.25) is 0 Å². The van der Waals surface area contributed by atoms with Crippen molar-refractivity contribution in [3.05, 3.63) is 35.6 Å². The monoisotopic (exact) mass is 189 g/mol. The molecule has 0 atom stereocenters. The fraction of sp³-hybridized carbons (Fsp3) is 0.333. The van der Waals surface area contributed by atoms with Gasteiger partial charge >= 0.3 is 0 Å². The average Bonchev–Trinajstić information content (AvgIpc) is 2.55. The summed E-state index contributed by atoms with van der Waals surface area (Å²) in [6, 6.07) is 8.16. The standard InChI is InChI=1S/C12H15NO/c1-2-9-10-5-3-4-6-11(10)14-12(9)7-8-13/h3-6H,2,7-8,13H2,1H3. The minimum absolute atomic E-state index is 0.646. The van der Waals surface area contributed by atoms with Crippen LogP contribution in [0.5, 0.6) is 0 Å². The normalized spacial score (nSPS) is 11.0. The van der Waals surface area contributed by atoms with Crippen LogP contribution in [0.25, 0.3) is 11.0 Å². The Bertz CT molecular complexity index is 431. The van der Waals surface area contributed by atoms with Gasteiger partial charge in [-0.25, -0.2) is 0 Å². The number of aryl methyl sites for hydroxylation is 1. The Hall–Kier alpha value is -1.28. The van der Waals surface area contributed by atoms with E-state index in [2.05, 4.69) is 13.0 Å². The lowest BCUT2D eigenvalue weighted by Gasteiger charge is -1.96. The maximum absolute atomic E-state index is 5.75. The fourth-order valence-corrected chi connectivity index (χ4v) is 1.87. The second kappa shape index (κ2) is 3.84. The highest BCUT2D eigenvalue weighted by molar-refractivity contribution is 5.82. The van der Waals surface area contributed by atoms with Gasteiger partial charge in [-0.05, 0) is 19.0 Å². The van der Waals surface area contributed by atoms with Gasteiger partial charge in [0, 0.05) is 17.4 Å². The van der Waals surface area contributed by atoms with E-state index in [1.807, 2.05) is 18.2 Å². The van der Waals surface area contributed by atoms with Crippen LogP contribution >= 0.6 is 0 Å². The van der Waals surface area contributed by atoms with E-state index in [0.29, 0.717) is 6.54 Å². The molecule has 0 fully saturated rings. The molecule has 14 heavy (non-hydrogen) atoms. The van der Waals surface area contributed by atoms with Crippen molar-refractivity contribution >= 4 is 11.0 Å². The SMILES string of the molecule is CCc1c(CCN)oc2ccccc12. The van der Waals surface area contributed by atoms with Crippen LogP contribution in [0.2, 0.25) is 0 Å². The van der Waals surface area contributed by atoms with Crippen molar-refractivity contribution in [2.45, 2.75) is 19.8 Å². The molecule has 1 heterocycles. The van der Waals surface area contributed by atoms with Gasteiger partial charge in [0.25, 0.3) is 0 Å². The number of para-hydroxylation sites is 1. The van der Waals surface area contributed by atoms with Crippen molar-refractivity contribution in [2.24, 2.45) is 5.73 Å². The number of benzene rings is 1. The molecule has 0 saturated carbocycles. The van der Waals surface area contributed by atoms with E-state index >= 15 is 0 Å². The summed E-state index contributed by atoms with van der Waals surface area (Å²) in [4.78, 5) is 0. The van der Waals surface area contributed by atoms with Gasteiger partial charge in [0.05, 0.1) is 0 Å². The first kappa shape index (κ1) is 9.28. The van der Waals surface area contributed by atoms with Gasteiger partial charge in [-0.2, -0.15) is 0 Å². The molecule has 1 aromatic heterocycles. The smallest absolute Gasteiger partial charge is 0.134 e. The van der Waals surface area contributed by atoms with Gasteiger partial charge in [-0.1, -0.05) is 25.1 Å². The zero-order chi connectivity index (χ0) is 9.97. The molecule has 0 aliphatic heterocycles. The predicted molar refractivity (Wildman–Crippen MR) is 58.4 cm³/mol.